The highest BCUT2D eigenvalue weighted by atomic mass is 16.5. The third-order valence-electron chi connectivity index (χ3n) is 6.02. The van der Waals surface area contributed by atoms with Gasteiger partial charge in [0, 0.05) is 30.2 Å². The summed E-state index contributed by atoms with van der Waals surface area (Å²) in [7, 11) is 0. The molecule has 0 unspecified atom stereocenters. The van der Waals surface area contributed by atoms with Gasteiger partial charge < -0.3 is 14.6 Å². The molecule has 4 aromatic rings. The van der Waals surface area contributed by atoms with Gasteiger partial charge in [-0.3, -0.25) is 4.68 Å². The summed E-state index contributed by atoms with van der Waals surface area (Å²) in [6.07, 6.45) is 4.70. The van der Waals surface area contributed by atoms with Gasteiger partial charge in [-0.25, -0.2) is 4.68 Å². The quantitative estimate of drug-likeness (QED) is 0.474. The largest absolute Gasteiger partial charge is 0.491 e. The van der Waals surface area contributed by atoms with Gasteiger partial charge in [0.05, 0.1) is 41.4 Å². The molecule has 0 spiro atoms. The molecular weight excluding hydrogens is 404 g/mol. The Hall–Kier alpha value is -3.16. The van der Waals surface area contributed by atoms with Crippen molar-refractivity contribution in [2.75, 3.05) is 26.4 Å². The normalized spacial score (nSPS) is 14.8. The standard InChI is InChI=1S/C25H28N4O3/c1-2-23-22-7-6-18(16-25(22)29(27-23)19-9-13-31-14-10-19)24-8-11-26-28(24)20-4-3-5-21(17-20)32-15-12-30/h3-8,11,16-17,19,30H,2,9-10,12-15H2,1H3. The molecule has 0 amide bonds. The molecule has 2 aromatic heterocycles. The molecule has 7 heteroatoms. The number of fused-ring (bicyclic) bond motifs is 1. The second-order valence-electron chi connectivity index (χ2n) is 8.02. The molecule has 1 aliphatic heterocycles. The number of aliphatic hydroxyl groups excluding tert-OH is 1. The zero-order chi connectivity index (χ0) is 21.9. The average molecular weight is 433 g/mol. The Balaban J connectivity index is 1.56. The van der Waals surface area contributed by atoms with Crippen molar-refractivity contribution in [3.63, 3.8) is 0 Å². The van der Waals surface area contributed by atoms with E-state index in [1.165, 1.54) is 10.9 Å². The van der Waals surface area contributed by atoms with Crippen LogP contribution in [-0.4, -0.2) is 51.1 Å². The summed E-state index contributed by atoms with van der Waals surface area (Å²) in [4.78, 5) is 0. The summed E-state index contributed by atoms with van der Waals surface area (Å²) in [6.45, 7) is 3.98. The molecule has 2 aromatic carbocycles. The number of aromatic nitrogens is 4. The van der Waals surface area contributed by atoms with Gasteiger partial charge in [-0.15, -0.1) is 0 Å². The Kier molecular flexibility index (Phi) is 5.92. The maximum absolute atomic E-state index is 9.04. The topological polar surface area (TPSA) is 74.3 Å². The van der Waals surface area contributed by atoms with Crippen molar-refractivity contribution in [1.29, 1.82) is 0 Å². The van der Waals surface area contributed by atoms with Crippen LogP contribution in [0.25, 0.3) is 27.8 Å². The van der Waals surface area contributed by atoms with Crippen molar-refractivity contribution in [3.8, 4) is 22.7 Å². The lowest BCUT2D eigenvalue weighted by Gasteiger charge is -2.23. The summed E-state index contributed by atoms with van der Waals surface area (Å²) in [6, 6.07) is 16.7. The number of ether oxygens (including phenoxy) is 2. The van der Waals surface area contributed by atoms with E-state index < -0.39 is 0 Å². The molecule has 1 saturated heterocycles. The predicted molar refractivity (Wildman–Crippen MR) is 123 cm³/mol. The van der Waals surface area contributed by atoms with Crippen LogP contribution in [0.1, 0.15) is 31.5 Å². The van der Waals surface area contributed by atoms with Crippen molar-refractivity contribution < 1.29 is 14.6 Å². The van der Waals surface area contributed by atoms with E-state index in [9.17, 15) is 0 Å². The van der Waals surface area contributed by atoms with Crippen molar-refractivity contribution in [2.24, 2.45) is 0 Å². The van der Waals surface area contributed by atoms with E-state index in [4.69, 9.17) is 19.7 Å². The summed E-state index contributed by atoms with van der Waals surface area (Å²) in [5.41, 5.74) is 5.31. The van der Waals surface area contributed by atoms with Crippen molar-refractivity contribution in [3.05, 3.63) is 60.4 Å². The van der Waals surface area contributed by atoms with E-state index in [1.807, 2.05) is 41.2 Å². The minimum absolute atomic E-state index is 0.0161. The highest BCUT2D eigenvalue weighted by Crippen LogP contribution is 2.32. The second kappa shape index (κ2) is 9.14. The van der Waals surface area contributed by atoms with E-state index in [2.05, 4.69) is 34.9 Å². The van der Waals surface area contributed by atoms with Crippen molar-refractivity contribution in [1.82, 2.24) is 19.6 Å². The maximum atomic E-state index is 9.04. The van der Waals surface area contributed by atoms with Gasteiger partial charge in [-0.05, 0) is 43.5 Å². The molecule has 1 N–H and O–H groups in total. The van der Waals surface area contributed by atoms with E-state index in [0.717, 1.165) is 55.1 Å². The average Bonchev–Trinajstić information content (AvgIpc) is 3.48. The second-order valence-corrected chi connectivity index (χ2v) is 8.02. The summed E-state index contributed by atoms with van der Waals surface area (Å²) >= 11 is 0. The molecule has 1 aliphatic rings. The first-order valence-electron chi connectivity index (χ1n) is 11.3. The maximum Gasteiger partial charge on any atom is 0.121 e. The van der Waals surface area contributed by atoms with Gasteiger partial charge >= 0.3 is 0 Å². The Labute approximate surface area is 187 Å². The molecule has 32 heavy (non-hydrogen) atoms. The van der Waals surface area contributed by atoms with Crippen molar-refractivity contribution >= 4 is 10.9 Å². The van der Waals surface area contributed by atoms with Crippen LogP contribution in [-0.2, 0) is 11.2 Å². The first kappa shape index (κ1) is 20.7. The Morgan fingerprint density at radius 1 is 1.12 bits per heavy atom. The molecule has 0 saturated carbocycles. The number of nitrogens with zero attached hydrogens (tertiary/aromatic N) is 4. The summed E-state index contributed by atoms with van der Waals surface area (Å²) in [5, 5.41) is 19.8. The van der Waals surface area contributed by atoms with Crippen LogP contribution in [0.5, 0.6) is 5.75 Å². The molecule has 166 valence electrons. The van der Waals surface area contributed by atoms with E-state index in [0.29, 0.717) is 11.8 Å². The van der Waals surface area contributed by atoms with Crippen LogP contribution in [0.3, 0.4) is 0 Å². The Morgan fingerprint density at radius 3 is 2.81 bits per heavy atom. The van der Waals surface area contributed by atoms with Crippen molar-refractivity contribution in [2.45, 2.75) is 32.2 Å². The first-order chi connectivity index (χ1) is 15.8. The molecule has 3 heterocycles. The van der Waals surface area contributed by atoms with Gasteiger partial charge in [0.2, 0.25) is 0 Å². The van der Waals surface area contributed by atoms with Gasteiger partial charge in [-0.1, -0.05) is 25.1 Å². The molecule has 0 radical (unpaired) electrons. The van der Waals surface area contributed by atoms with Gasteiger partial charge in [0.1, 0.15) is 12.4 Å². The van der Waals surface area contributed by atoms with Crippen LogP contribution in [0.4, 0.5) is 0 Å². The Morgan fingerprint density at radius 2 is 2.00 bits per heavy atom. The number of aryl methyl sites for hydroxylation is 1. The summed E-state index contributed by atoms with van der Waals surface area (Å²) < 4.78 is 15.3. The zero-order valence-electron chi connectivity index (χ0n) is 18.3. The highest BCUT2D eigenvalue weighted by Gasteiger charge is 2.21. The number of hydrogen-bond donors (Lipinski definition) is 1. The first-order valence-corrected chi connectivity index (χ1v) is 11.3. The highest BCUT2D eigenvalue weighted by molar-refractivity contribution is 5.86. The van der Waals surface area contributed by atoms with Crippen LogP contribution < -0.4 is 4.74 Å². The molecule has 0 aliphatic carbocycles. The molecule has 0 bridgehead atoms. The summed E-state index contributed by atoms with van der Waals surface area (Å²) in [5.74, 6) is 0.707. The van der Waals surface area contributed by atoms with Gasteiger partial charge in [0.15, 0.2) is 0 Å². The number of aliphatic hydroxyl groups is 1. The van der Waals surface area contributed by atoms with Crippen LogP contribution in [0, 0.1) is 0 Å². The number of benzene rings is 2. The van der Waals surface area contributed by atoms with E-state index in [1.54, 1.807) is 0 Å². The van der Waals surface area contributed by atoms with E-state index >= 15 is 0 Å². The lowest BCUT2D eigenvalue weighted by molar-refractivity contribution is 0.0674. The number of hydrogen-bond acceptors (Lipinski definition) is 5. The third kappa shape index (κ3) is 3.89. The minimum Gasteiger partial charge on any atom is -0.491 e. The molecule has 7 nitrogen and oxygen atoms in total. The third-order valence-corrected chi connectivity index (χ3v) is 6.02. The fraction of sp³-hybridized carbons (Fsp3) is 0.360. The fourth-order valence-electron chi connectivity index (χ4n) is 4.43. The Bertz CT molecular complexity index is 1210. The smallest absolute Gasteiger partial charge is 0.121 e. The van der Waals surface area contributed by atoms with Gasteiger partial charge in [0.25, 0.3) is 0 Å². The fourth-order valence-corrected chi connectivity index (χ4v) is 4.43. The monoisotopic (exact) mass is 432 g/mol. The van der Waals surface area contributed by atoms with Crippen LogP contribution >= 0.6 is 0 Å². The van der Waals surface area contributed by atoms with Crippen LogP contribution in [0.15, 0.2) is 54.7 Å². The molecule has 1 fully saturated rings. The van der Waals surface area contributed by atoms with E-state index in [-0.39, 0.29) is 13.2 Å². The lowest BCUT2D eigenvalue weighted by Crippen LogP contribution is -2.20. The molecule has 5 rings (SSSR count). The predicted octanol–water partition coefficient (Wildman–Crippen LogP) is 4.17. The minimum atomic E-state index is -0.0161. The lowest BCUT2D eigenvalue weighted by atomic mass is 10.1. The zero-order valence-corrected chi connectivity index (χ0v) is 18.3. The van der Waals surface area contributed by atoms with Gasteiger partial charge in [-0.2, -0.15) is 10.2 Å². The van der Waals surface area contributed by atoms with Crippen LogP contribution in [0.2, 0.25) is 0 Å². The SMILES string of the molecule is CCc1nn(C2CCOCC2)c2cc(-c3ccnn3-c3cccc(OCCO)c3)ccc12. The number of rotatable bonds is 7. The molecular formula is C25H28N4O3. The molecule has 0 atom stereocenters.